The van der Waals surface area contributed by atoms with Crippen molar-refractivity contribution in [3.63, 3.8) is 0 Å². The summed E-state index contributed by atoms with van der Waals surface area (Å²) in [6.45, 7) is 2.66. The van der Waals surface area contributed by atoms with Crippen molar-refractivity contribution < 1.29 is 22.7 Å². The third-order valence-electron chi connectivity index (χ3n) is 3.52. The molecule has 24 heavy (non-hydrogen) atoms. The monoisotopic (exact) mass is 346 g/mol. The van der Waals surface area contributed by atoms with Gasteiger partial charge in [0.25, 0.3) is 0 Å². The van der Waals surface area contributed by atoms with Gasteiger partial charge in [-0.2, -0.15) is 13.2 Å². The van der Waals surface area contributed by atoms with Crippen molar-refractivity contribution in [2.24, 2.45) is 0 Å². The number of halogens is 3. The molecular weight excluding hydrogens is 321 g/mol. The molecule has 136 valence electrons. The second kappa shape index (κ2) is 9.64. The minimum Gasteiger partial charge on any atom is -0.370 e. The van der Waals surface area contributed by atoms with Gasteiger partial charge in [-0.25, -0.2) is 0 Å². The van der Waals surface area contributed by atoms with Gasteiger partial charge in [0.05, 0.1) is 12.6 Å². The molecule has 0 saturated carbocycles. The topological polar surface area (TPSA) is 41.6 Å². The first-order valence-corrected chi connectivity index (χ1v) is 7.92. The molecule has 0 aliphatic rings. The number of likely N-dealkylation sites (N-methyl/N-ethyl adjacent to an activating group) is 1. The van der Waals surface area contributed by atoms with Crippen molar-refractivity contribution in [3.05, 3.63) is 35.9 Å². The summed E-state index contributed by atoms with van der Waals surface area (Å²) in [5.41, 5.74) is 1.09. The number of ether oxygens (including phenoxy) is 1. The van der Waals surface area contributed by atoms with Gasteiger partial charge < -0.3 is 10.1 Å². The van der Waals surface area contributed by atoms with Crippen LogP contribution in [0.4, 0.5) is 13.2 Å². The lowest BCUT2D eigenvalue weighted by Crippen LogP contribution is -2.48. The number of nitrogens with zero attached hydrogens (tertiary/aromatic N) is 1. The van der Waals surface area contributed by atoms with Crippen LogP contribution in [-0.2, 0) is 16.1 Å². The third-order valence-corrected chi connectivity index (χ3v) is 3.52. The molecule has 2 atom stereocenters. The first kappa shape index (κ1) is 20.4. The molecule has 4 nitrogen and oxygen atoms in total. The minimum atomic E-state index is -4.36. The van der Waals surface area contributed by atoms with Gasteiger partial charge in [0.2, 0.25) is 5.91 Å². The predicted octanol–water partition coefficient (Wildman–Crippen LogP) is 2.98. The van der Waals surface area contributed by atoms with Gasteiger partial charge in [-0.3, -0.25) is 9.69 Å². The molecule has 0 aliphatic carbocycles. The van der Waals surface area contributed by atoms with E-state index >= 15 is 0 Å². The molecule has 0 aliphatic heterocycles. The Morgan fingerprint density at radius 1 is 1.29 bits per heavy atom. The summed E-state index contributed by atoms with van der Waals surface area (Å²) >= 11 is 0. The SMILES string of the molecule is CC[C@H](C(=O)N[C@H](C)COCC(F)(F)F)N(C)Cc1ccccc1. The van der Waals surface area contributed by atoms with Crippen LogP contribution in [0.5, 0.6) is 0 Å². The number of alkyl halides is 3. The van der Waals surface area contributed by atoms with Gasteiger partial charge in [0.1, 0.15) is 6.61 Å². The van der Waals surface area contributed by atoms with E-state index in [0.717, 1.165) is 5.56 Å². The predicted molar refractivity (Wildman–Crippen MR) is 86.5 cm³/mol. The third kappa shape index (κ3) is 7.79. The zero-order valence-corrected chi connectivity index (χ0v) is 14.3. The van der Waals surface area contributed by atoms with Crippen molar-refractivity contribution >= 4 is 5.91 Å². The van der Waals surface area contributed by atoms with Gasteiger partial charge in [-0.05, 0) is 26.0 Å². The van der Waals surface area contributed by atoms with E-state index in [1.165, 1.54) is 0 Å². The molecule has 1 aromatic carbocycles. The number of carbonyl (C=O) groups is 1. The summed E-state index contributed by atoms with van der Waals surface area (Å²) < 4.78 is 40.7. The largest absolute Gasteiger partial charge is 0.411 e. The average Bonchev–Trinajstić information content (AvgIpc) is 2.47. The lowest BCUT2D eigenvalue weighted by atomic mass is 10.1. The van der Waals surface area contributed by atoms with Crippen molar-refractivity contribution in [3.8, 4) is 0 Å². The molecule has 0 unspecified atom stereocenters. The molecule has 1 rings (SSSR count). The quantitative estimate of drug-likeness (QED) is 0.747. The smallest absolute Gasteiger partial charge is 0.370 e. The van der Waals surface area contributed by atoms with Gasteiger partial charge in [-0.1, -0.05) is 37.3 Å². The van der Waals surface area contributed by atoms with Crippen molar-refractivity contribution in [1.29, 1.82) is 0 Å². The van der Waals surface area contributed by atoms with Crippen LogP contribution in [0, 0.1) is 0 Å². The molecular formula is C17H25F3N2O2. The summed E-state index contributed by atoms with van der Waals surface area (Å²) in [5, 5.41) is 2.71. The van der Waals surface area contributed by atoms with E-state index in [2.05, 4.69) is 10.1 Å². The minimum absolute atomic E-state index is 0.177. The Hall–Kier alpha value is -1.60. The van der Waals surface area contributed by atoms with Crippen LogP contribution >= 0.6 is 0 Å². The highest BCUT2D eigenvalue weighted by Crippen LogP contribution is 2.14. The Labute approximate surface area is 141 Å². The summed E-state index contributed by atoms with van der Waals surface area (Å²) in [4.78, 5) is 14.3. The van der Waals surface area contributed by atoms with Crippen LogP contribution < -0.4 is 5.32 Å². The van der Waals surface area contributed by atoms with E-state index in [1.807, 2.05) is 49.2 Å². The van der Waals surface area contributed by atoms with Crippen molar-refractivity contribution in [2.45, 2.75) is 45.1 Å². The van der Waals surface area contributed by atoms with Crippen LogP contribution in [0.15, 0.2) is 30.3 Å². The fraction of sp³-hybridized carbons (Fsp3) is 0.588. The number of rotatable bonds is 9. The van der Waals surface area contributed by atoms with E-state index in [4.69, 9.17) is 0 Å². The van der Waals surface area contributed by atoms with E-state index in [1.54, 1.807) is 6.92 Å². The van der Waals surface area contributed by atoms with Crippen LogP contribution in [0.1, 0.15) is 25.8 Å². The second-order valence-electron chi connectivity index (χ2n) is 5.86. The fourth-order valence-electron chi connectivity index (χ4n) is 2.41. The maximum absolute atomic E-state index is 12.3. The second-order valence-corrected chi connectivity index (χ2v) is 5.86. The van der Waals surface area contributed by atoms with Crippen LogP contribution in [0.3, 0.4) is 0 Å². The molecule has 0 bridgehead atoms. The number of hydrogen-bond donors (Lipinski definition) is 1. The highest BCUT2D eigenvalue weighted by molar-refractivity contribution is 5.81. The van der Waals surface area contributed by atoms with Gasteiger partial charge in [0.15, 0.2) is 0 Å². The molecule has 1 N–H and O–H groups in total. The highest BCUT2D eigenvalue weighted by Gasteiger charge is 2.28. The Balaban J connectivity index is 2.47. The number of hydrogen-bond acceptors (Lipinski definition) is 3. The molecule has 0 radical (unpaired) electrons. The van der Waals surface area contributed by atoms with E-state index in [-0.39, 0.29) is 18.6 Å². The van der Waals surface area contributed by atoms with E-state index in [9.17, 15) is 18.0 Å². The van der Waals surface area contributed by atoms with Crippen molar-refractivity contribution in [1.82, 2.24) is 10.2 Å². The normalized spacial score (nSPS) is 14.5. The first-order valence-electron chi connectivity index (χ1n) is 7.92. The summed E-state index contributed by atoms with van der Waals surface area (Å²) in [7, 11) is 1.85. The summed E-state index contributed by atoms with van der Waals surface area (Å²) in [5.74, 6) is -0.209. The lowest BCUT2D eigenvalue weighted by Gasteiger charge is -2.27. The van der Waals surface area contributed by atoms with Crippen LogP contribution in [-0.4, -0.2) is 49.3 Å². The molecule has 0 heterocycles. The summed E-state index contributed by atoms with van der Waals surface area (Å²) in [6.07, 6.45) is -3.75. The lowest BCUT2D eigenvalue weighted by molar-refractivity contribution is -0.175. The Kier molecular flexibility index (Phi) is 8.21. The maximum Gasteiger partial charge on any atom is 0.411 e. The molecule has 1 amide bonds. The number of amides is 1. The Bertz CT molecular complexity index is 494. The fourth-order valence-corrected chi connectivity index (χ4v) is 2.41. The molecule has 7 heteroatoms. The highest BCUT2D eigenvalue weighted by atomic mass is 19.4. The molecule has 1 aromatic rings. The van der Waals surface area contributed by atoms with Gasteiger partial charge in [-0.15, -0.1) is 0 Å². The standard InChI is InChI=1S/C17H25F3N2O2/c1-4-15(22(3)10-14-8-6-5-7-9-14)16(23)21-13(2)11-24-12-17(18,19)20/h5-9,13,15H,4,10-12H2,1-3H3,(H,21,23)/t13-,15-/m1/s1. The average molecular weight is 346 g/mol. The molecule has 0 fully saturated rings. The number of nitrogens with one attached hydrogen (secondary N) is 1. The number of benzene rings is 1. The van der Waals surface area contributed by atoms with Crippen molar-refractivity contribution in [2.75, 3.05) is 20.3 Å². The molecule has 0 aromatic heterocycles. The Morgan fingerprint density at radius 3 is 2.46 bits per heavy atom. The van der Waals surface area contributed by atoms with Gasteiger partial charge >= 0.3 is 6.18 Å². The zero-order valence-electron chi connectivity index (χ0n) is 14.3. The molecule has 0 saturated heterocycles. The van der Waals surface area contributed by atoms with E-state index in [0.29, 0.717) is 13.0 Å². The maximum atomic E-state index is 12.3. The Morgan fingerprint density at radius 2 is 1.92 bits per heavy atom. The summed E-state index contributed by atoms with van der Waals surface area (Å²) in [6, 6.07) is 8.92. The van der Waals surface area contributed by atoms with E-state index < -0.39 is 18.8 Å². The van der Waals surface area contributed by atoms with Gasteiger partial charge in [0, 0.05) is 12.6 Å². The molecule has 0 spiro atoms. The van der Waals surface area contributed by atoms with Crippen LogP contribution in [0.25, 0.3) is 0 Å². The number of carbonyl (C=O) groups excluding carboxylic acids is 1. The first-order chi connectivity index (χ1) is 11.2. The zero-order chi connectivity index (χ0) is 18.2. The van der Waals surface area contributed by atoms with Crippen LogP contribution in [0.2, 0.25) is 0 Å².